The summed E-state index contributed by atoms with van der Waals surface area (Å²) in [6.07, 6.45) is -5.40. The largest absolute Gasteiger partial charge is 0.506 e. The fraction of sp³-hybridized carbons (Fsp3) is 0.214. The number of hydrogen-bond donors (Lipinski definition) is 1. The van der Waals surface area contributed by atoms with Gasteiger partial charge in [0.05, 0.1) is 48.9 Å². The minimum absolute atomic E-state index is 0.134. The van der Waals surface area contributed by atoms with E-state index >= 15 is 0 Å². The van der Waals surface area contributed by atoms with Gasteiger partial charge in [-0.05, 0) is 30.3 Å². The van der Waals surface area contributed by atoms with E-state index in [1.807, 2.05) is 0 Å². The van der Waals surface area contributed by atoms with Crippen molar-refractivity contribution in [1.29, 1.82) is 0 Å². The molecule has 0 fully saturated rings. The first-order chi connectivity index (χ1) is 22.8. The van der Waals surface area contributed by atoms with Crippen molar-refractivity contribution >= 4 is 46.6 Å². The van der Waals surface area contributed by atoms with Crippen molar-refractivity contribution in [3.63, 3.8) is 0 Å². The van der Waals surface area contributed by atoms with Crippen molar-refractivity contribution < 1.29 is 55.5 Å². The number of nitrogens with zero attached hydrogens (tertiary/aromatic N) is 6. The van der Waals surface area contributed by atoms with Crippen molar-refractivity contribution in [1.82, 2.24) is 30.1 Å². The molecule has 0 saturated carbocycles. The second kappa shape index (κ2) is 17.8. The van der Waals surface area contributed by atoms with Crippen LogP contribution in [0.4, 0.5) is 26.3 Å². The van der Waals surface area contributed by atoms with Gasteiger partial charge < -0.3 is 9.84 Å². The van der Waals surface area contributed by atoms with E-state index in [-0.39, 0.29) is 27.7 Å². The highest BCUT2D eigenvalue weighted by atomic mass is 35.5. The highest BCUT2D eigenvalue weighted by Crippen LogP contribution is 2.35. The maximum absolute atomic E-state index is 13.2. The molecular weight excluding hydrogens is 737 g/mol. The molecule has 0 aliphatic heterocycles. The Morgan fingerprint density at radius 3 is 1.53 bits per heavy atom. The molecule has 4 rings (SSSR count). The van der Waals surface area contributed by atoms with Gasteiger partial charge in [0, 0.05) is 32.6 Å². The van der Waals surface area contributed by atoms with Gasteiger partial charge in [0.2, 0.25) is 5.88 Å². The van der Waals surface area contributed by atoms with E-state index in [9.17, 15) is 35.9 Å². The molecule has 12 nitrogen and oxygen atoms in total. The lowest BCUT2D eigenvalue weighted by atomic mass is 10.1. The molecular formula is C28H23Cl3F6N6O6. The summed E-state index contributed by atoms with van der Waals surface area (Å²) in [7, 11) is 4.70. The number of alkyl halides is 6. The summed E-state index contributed by atoms with van der Waals surface area (Å²) < 4.78 is 82.8. The van der Waals surface area contributed by atoms with Crippen LogP contribution in [0.3, 0.4) is 0 Å². The number of ether oxygens (including phenoxy) is 1. The number of hydroxylamine groups is 4. The predicted octanol–water partition coefficient (Wildman–Crippen LogP) is 7.40. The maximum Gasteiger partial charge on any atom is 0.417 e. The minimum atomic E-state index is -4.78. The van der Waals surface area contributed by atoms with E-state index in [1.165, 1.54) is 50.8 Å². The fourth-order valence-corrected chi connectivity index (χ4v) is 3.53. The average molecular weight is 760 g/mol. The number of pyridine rings is 4. The van der Waals surface area contributed by atoms with Crippen LogP contribution in [-0.2, 0) is 22.0 Å². The Kier molecular flexibility index (Phi) is 14.8. The zero-order valence-corrected chi connectivity index (χ0v) is 27.6. The molecule has 0 unspecified atom stereocenters. The zero-order valence-electron chi connectivity index (χ0n) is 25.3. The van der Waals surface area contributed by atoms with Crippen LogP contribution in [0.1, 0.15) is 31.8 Å². The number of aromatic nitrogens is 4. The van der Waals surface area contributed by atoms with Crippen molar-refractivity contribution in [3.05, 3.63) is 98.9 Å². The third-order valence-corrected chi connectivity index (χ3v) is 6.23. The Hall–Kier alpha value is -4.49. The molecule has 4 aromatic rings. The molecule has 0 saturated heterocycles. The summed E-state index contributed by atoms with van der Waals surface area (Å²) in [6, 6.07) is 7.06. The van der Waals surface area contributed by atoms with Gasteiger partial charge in [0.15, 0.2) is 0 Å². The smallest absolute Gasteiger partial charge is 0.417 e. The Labute approximate surface area is 288 Å². The first kappa shape index (κ1) is 40.7. The van der Waals surface area contributed by atoms with E-state index in [1.54, 1.807) is 0 Å². The van der Waals surface area contributed by atoms with Gasteiger partial charge in [-0.15, -0.1) is 0 Å². The summed E-state index contributed by atoms with van der Waals surface area (Å²) in [4.78, 5) is 47.2. The quantitative estimate of drug-likeness (QED) is 0.120. The van der Waals surface area contributed by atoms with Crippen LogP contribution in [-0.4, -0.2) is 75.3 Å². The molecule has 0 radical (unpaired) electrons. The first-order valence-electron chi connectivity index (χ1n) is 12.8. The van der Waals surface area contributed by atoms with Crippen molar-refractivity contribution in [2.45, 2.75) is 12.4 Å². The normalized spacial score (nSPS) is 11.0. The van der Waals surface area contributed by atoms with Crippen LogP contribution in [0.2, 0.25) is 15.5 Å². The number of carbonyl (C=O) groups is 2. The first-order valence-corrected chi connectivity index (χ1v) is 14.0. The van der Waals surface area contributed by atoms with Gasteiger partial charge in [-0.25, -0.2) is 30.1 Å². The van der Waals surface area contributed by atoms with E-state index in [0.717, 1.165) is 26.6 Å². The molecule has 0 aliphatic rings. The standard InChI is InChI=1S/C14H11ClF3N3O3.C9H8ClF3N2O2.C5H4ClNO/c1-21(23-2)13(22)9-7-20-12(5-10(9)14(16,17)18)24-8-3-4-11(15)19-6-8;1-15(17-2)8(16)5-4-14-7(10)3-6(5)9(11,12)13;6-5-2-1-4(8)3-7-5/h3-7H,1-2H3;3-4H,1-2H3;1-3,8H. The van der Waals surface area contributed by atoms with E-state index in [0.29, 0.717) is 27.4 Å². The molecule has 21 heteroatoms. The van der Waals surface area contributed by atoms with Gasteiger partial charge >= 0.3 is 12.4 Å². The summed E-state index contributed by atoms with van der Waals surface area (Å²) in [5, 5.41) is 10.2. The number of amides is 2. The van der Waals surface area contributed by atoms with Gasteiger partial charge in [-0.2, -0.15) is 26.3 Å². The number of rotatable bonds is 6. The summed E-state index contributed by atoms with van der Waals surface area (Å²) in [6.45, 7) is 0. The Morgan fingerprint density at radius 1 is 0.673 bits per heavy atom. The van der Waals surface area contributed by atoms with Crippen LogP contribution in [0.15, 0.2) is 61.2 Å². The predicted molar refractivity (Wildman–Crippen MR) is 162 cm³/mol. The third kappa shape index (κ3) is 12.5. The Morgan fingerprint density at radius 2 is 1.12 bits per heavy atom. The Balaban J connectivity index is 0.000000288. The highest BCUT2D eigenvalue weighted by Gasteiger charge is 2.38. The molecule has 0 aromatic carbocycles. The van der Waals surface area contributed by atoms with Gasteiger partial charge in [-0.1, -0.05) is 34.8 Å². The summed E-state index contributed by atoms with van der Waals surface area (Å²) in [5.74, 6) is -2.01. The second-order valence-electron chi connectivity index (χ2n) is 8.84. The van der Waals surface area contributed by atoms with Crippen LogP contribution in [0.25, 0.3) is 0 Å². The van der Waals surface area contributed by atoms with Crippen molar-refractivity contribution in [3.8, 4) is 17.4 Å². The third-order valence-electron chi connectivity index (χ3n) is 5.58. The van der Waals surface area contributed by atoms with Crippen LogP contribution >= 0.6 is 34.8 Å². The van der Waals surface area contributed by atoms with Gasteiger partial charge in [-0.3, -0.25) is 19.3 Å². The van der Waals surface area contributed by atoms with Gasteiger partial charge in [0.25, 0.3) is 11.8 Å². The molecule has 0 spiro atoms. The number of carbonyl (C=O) groups excluding carboxylic acids is 2. The fourth-order valence-electron chi connectivity index (χ4n) is 3.15. The Bertz CT molecular complexity index is 1700. The lowest BCUT2D eigenvalue weighted by Gasteiger charge is -2.17. The second-order valence-corrected chi connectivity index (χ2v) is 10.0. The summed E-state index contributed by atoms with van der Waals surface area (Å²) in [5.41, 5.74) is -3.62. The average Bonchev–Trinajstić information content (AvgIpc) is 3.05. The number of halogens is 9. The van der Waals surface area contributed by atoms with E-state index in [4.69, 9.17) is 44.6 Å². The highest BCUT2D eigenvalue weighted by molar-refractivity contribution is 6.30. The molecule has 4 aromatic heterocycles. The molecule has 4 heterocycles. The molecule has 0 aliphatic carbocycles. The molecule has 264 valence electrons. The van der Waals surface area contributed by atoms with Crippen LogP contribution < -0.4 is 4.74 Å². The minimum Gasteiger partial charge on any atom is -0.506 e. The molecule has 49 heavy (non-hydrogen) atoms. The molecule has 0 atom stereocenters. The van der Waals surface area contributed by atoms with Crippen LogP contribution in [0.5, 0.6) is 17.4 Å². The van der Waals surface area contributed by atoms with Crippen molar-refractivity contribution in [2.75, 3.05) is 28.3 Å². The maximum atomic E-state index is 13.2. The monoisotopic (exact) mass is 758 g/mol. The number of aromatic hydroxyl groups is 1. The molecule has 1 N–H and O–H groups in total. The molecule has 0 bridgehead atoms. The molecule has 2 amide bonds. The van der Waals surface area contributed by atoms with Gasteiger partial charge in [0.1, 0.15) is 27.0 Å². The van der Waals surface area contributed by atoms with Crippen molar-refractivity contribution in [2.24, 2.45) is 0 Å². The zero-order chi connectivity index (χ0) is 37.1. The lowest BCUT2D eigenvalue weighted by Crippen LogP contribution is -2.28. The van der Waals surface area contributed by atoms with Crippen LogP contribution in [0, 0.1) is 0 Å². The van der Waals surface area contributed by atoms with E-state index in [2.05, 4.69) is 29.6 Å². The SMILES string of the molecule is CON(C)C(=O)c1cnc(Cl)cc1C(F)(F)F.CON(C)C(=O)c1cnc(Oc2ccc(Cl)nc2)cc1C(F)(F)F.Oc1ccc(Cl)nc1. The summed E-state index contributed by atoms with van der Waals surface area (Å²) >= 11 is 16.4. The lowest BCUT2D eigenvalue weighted by molar-refractivity contribution is -0.139. The topological polar surface area (TPSA) is 140 Å². The van der Waals surface area contributed by atoms with E-state index < -0.39 is 46.4 Å². The number of hydrogen-bond acceptors (Lipinski definition) is 10.